The molecule has 0 N–H and O–H groups in total. The normalized spacial score (nSPS) is 12.2. The Kier molecular flexibility index (Phi) is 6.21. The lowest BCUT2D eigenvalue weighted by molar-refractivity contribution is 0.0485. The molecule has 0 aliphatic carbocycles. The van der Waals surface area contributed by atoms with Crippen LogP contribution in [0.2, 0.25) is 0 Å². The fraction of sp³-hybridized carbons (Fsp3) is 0.200. The zero-order valence-electron chi connectivity index (χ0n) is 21.0. The van der Waals surface area contributed by atoms with Crippen LogP contribution in [0, 0.1) is 0 Å². The van der Waals surface area contributed by atoms with Crippen molar-refractivity contribution in [1.82, 2.24) is 4.98 Å². The zero-order valence-corrected chi connectivity index (χ0v) is 21.0. The summed E-state index contributed by atoms with van der Waals surface area (Å²) in [5, 5.41) is 4.55. The summed E-state index contributed by atoms with van der Waals surface area (Å²) >= 11 is 0. The van der Waals surface area contributed by atoms with Gasteiger partial charge >= 0.3 is 5.97 Å². The summed E-state index contributed by atoms with van der Waals surface area (Å²) in [6.45, 7) is 0.726. The standard InChI is InChI=1S/C30H25NO7/c1-33-24-15-22-20-10-9-19-13-26-27(38-17-37-26)14-21(19)28(20)31-29(23(22)16-25(24)34-2)35-11-6-12-36-30(32)18-7-4-3-5-8-18/h3-5,7-10,13-16H,6,11-12,17H2,1-2H3. The molecule has 6 rings (SSSR count). The second kappa shape index (κ2) is 9.97. The Bertz CT molecular complexity index is 1670. The predicted molar refractivity (Wildman–Crippen MR) is 143 cm³/mol. The van der Waals surface area contributed by atoms with Gasteiger partial charge in [-0.25, -0.2) is 9.78 Å². The van der Waals surface area contributed by atoms with Crippen molar-refractivity contribution in [2.45, 2.75) is 6.42 Å². The monoisotopic (exact) mass is 511 g/mol. The molecule has 0 bridgehead atoms. The maximum atomic E-state index is 12.2. The van der Waals surface area contributed by atoms with Gasteiger partial charge < -0.3 is 28.4 Å². The number of methoxy groups -OCH3 is 2. The number of pyridine rings is 1. The number of fused-ring (bicyclic) bond motifs is 6. The van der Waals surface area contributed by atoms with Crippen LogP contribution < -0.4 is 23.7 Å². The Morgan fingerprint density at radius 3 is 2.32 bits per heavy atom. The number of carbonyl (C=O) groups is 1. The number of hydrogen-bond acceptors (Lipinski definition) is 8. The van der Waals surface area contributed by atoms with E-state index in [0.29, 0.717) is 47.5 Å². The second-order valence-corrected chi connectivity index (χ2v) is 8.76. The summed E-state index contributed by atoms with van der Waals surface area (Å²) in [7, 11) is 3.20. The van der Waals surface area contributed by atoms with Gasteiger partial charge in [-0.1, -0.05) is 30.3 Å². The molecule has 0 spiro atoms. The smallest absolute Gasteiger partial charge is 0.338 e. The maximum absolute atomic E-state index is 12.2. The molecule has 1 aliphatic heterocycles. The summed E-state index contributed by atoms with van der Waals surface area (Å²) in [4.78, 5) is 17.2. The molecule has 1 aliphatic rings. The van der Waals surface area contributed by atoms with Crippen molar-refractivity contribution in [3.63, 3.8) is 0 Å². The molecule has 5 aromatic rings. The minimum atomic E-state index is -0.359. The Morgan fingerprint density at radius 2 is 1.55 bits per heavy atom. The van der Waals surface area contributed by atoms with Crippen LogP contribution >= 0.6 is 0 Å². The van der Waals surface area contributed by atoms with Crippen LogP contribution in [0.4, 0.5) is 0 Å². The molecule has 192 valence electrons. The summed E-state index contributed by atoms with van der Waals surface area (Å²) in [5.41, 5.74) is 1.29. The molecule has 8 heteroatoms. The number of ether oxygens (including phenoxy) is 6. The summed E-state index contributed by atoms with van der Waals surface area (Å²) < 4.78 is 33.9. The topological polar surface area (TPSA) is 85.3 Å². The SMILES string of the molecule is COc1cc2c(OCCCOC(=O)c3ccccc3)nc3c4cc5c(cc4ccc3c2cc1OC)OCO5. The van der Waals surface area contributed by atoms with Crippen LogP contribution in [-0.4, -0.2) is 45.2 Å². The first-order valence-electron chi connectivity index (χ1n) is 12.2. The van der Waals surface area contributed by atoms with E-state index in [0.717, 1.165) is 32.4 Å². The van der Waals surface area contributed by atoms with Crippen molar-refractivity contribution in [2.75, 3.05) is 34.2 Å². The van der Waals surface area contributed by atoms with E-state index in [2.05, 4.69) is 0 Å². The van der Waals surface area contributed by atoms with Gasteiger partial charge in [0, 0.05) is 28.0 Å². The average Bonchev–Trinajstić information content (AvgIpc) is 3.42. The first-order chi connectivity index (χ1) is 18.7. The van der Waals surface area contributed by atoms with Gasteiger partial charge in [0.1, 0.15) is 0 Å². The highest BCUT2D eigenvalue weighted by Gasteiger charge is 2.19. The van der Waals surface area contributed by atoms with Gasteiger partial charge in [0.25, 0.3) is 0 Å². The van der Waals surface area contributed by atoms with Gasteiger partial charge in [-0.15, -0.1) is 0 Å². The molecule has 2 heterocycles. The van der Waals surface area contributed by atoms with Crippen molar-refractivity contribution in [2.24, 2.45) is 0 Å². The van der Waals surface area contributed by atoms with Gasteiger partial charge in [0.2, 0.25) is 12.7 Å². The zero-order chi connectivity index (χ0) is 26.1. The highest BCUT2D eigenvalue weighted by atomic mass is 16.7. The number of hydrogen-bond donors (Lipinski definition) is 0. The first-order valence-corrected chi connectivity index (χ1v) is 12.2. The Hall–Kier alpha value is -4.72. The Labute approximate surface area is 218 Å². The second-order valence-electron chi connectivity index (χ2n) is 8.76. The molecule has 38 heavy (non-hydrogen) atoms. The summed E-state index contributed by atoms with van der Waals surface area (Å²) in [6.07, 6.45) is 0.501. The van der Waals surface area contributed by atoms with Crippen LogP contribution in [0.1, 0.15) is 16.8 Å². The van der Waals surface area contributed by atoms with Gasteiger partial charge in [0.15, 0.2) is 23.0 Å². The average molecular weight is 512 g/mol. The fourth-order valence-electron chi connectivity index (χ4n) is 4.64. The number of esters is 1. The van der Waals surface area contributed by atoms with Crippen LogP contribution in [0.15, 0.2) is 66.7 Å². The minimum absolute atomic E-state index is 0.195. The van der Waals surface area contributed by atoms with E-state index in [-0.39, 0.29) is 19.4 Å². The lowest BCUT2D eigenvalue weighted by Crippen LogP contribution is -2.09. The molecule has 8 nitrogen and oxygen atoms in total. The van der Waals surface area contributed by atoms with Crippen LogP contribution in [-0.2, 0) is 4.74 Å². The molecule has 1 aromatic heterocycles. The third-order valence-electron chi connectivity index (χ3n) is 6.51. The lowest BCUT2D eigenvalue weighted by Gasteiger charge is -2.15. The van der Waals surface area contributed by atoms with Crippen LogP contribution in [0.25, 0.3) is 32.4 Å². The number of nitrogens with zero attached hydrogens (tertiary/aromatic N) is 1. The molecular weight excluding hydrogens is 486 g/mol. The first kappa shape index (κ1) is 23.7. The molecule has 0 saturated carbocycles. The largest absolute Gasteiger partial charge is 0.493 e. The third-order valence-corrected chi connectivity index (χ3v) is 6.51. The molecule has 0 atom stereocenters. The maximum Gasteiger partial charge on any atom is 0.338 e. The number of aromatic nitrogens is 1. The molecule has 0 unspecified atom stereocenters. The molecule has 0 radical (unpaired) electrons. The number of benzene rings is 4. The van der Waals surface area contributed by atoms with Gasteiger partial charge in [-0.05, 0) is 41.8 Å². The van der Waals surface area contributed by atoms with E-state index in [1.807, 2.05) is 42.5 Å². The van der Waals surface area contributed by atoms with E-state index >= 15 is 0 Å². The lowest BCUT2D eigenvalue weighted by atomic mass is 10.0. The van der Waals surface area contributed by atoms with Crippen molar-refractivity contribution < 1.29 is 33.2 Å². The number of rotatable bonds is 8. The van der Waals surface area contributed by atoms with Crippen molar-refractivity contribution in [1.29, 1.82) is 0 Å². The van der Waals surface area contributed by atoms with Crippen molar-refractivity contribution in [3.05, 3.63) is 72.3 Å². The Balaban J connectivity index is 1.35. The summed E-state index contributed by atoms with van der Waals surface area (Å²) in [6, 6.07) is 20.7. The van der Waals surface area contributed by atoms with E-state index in [4.69, 9.17) is 33.4 Å². The quantitative estimate of drug-likeness (QED) is 0.144. The highest BCUT2D eigenvalue weighted by molar-refractivity contribution is 6.17. The van der Waals surface area contributed by atoms with E-state index in [1.54, 1.807) is 38.5 Å². The minimum Gasteiger partial charge on any atom is -0.493 e. The van der Waals surface area contributed by atoms with E-state index in [9.17, 15) is 4.79 Å². The van der Waals surface area contributed by atoms with Crippen LogP contribution in [0.5, 0.6) is 28.9 Å². The molecule has 4 aromatic carbocycles. The van der Waals surface area contributed by atoms with Crippen molar-refractivity contribution in [3.8, 4) is 28.9 Å². The molecular formula is C30H25NO7. The van der Waals surface area contributed by atoms with E-state index in [1.165, 1.54) is 0 Å². The fourth-order valence-corrected chi connectivity index (χ4v) is 4.64. The number of carbonyl (C=O) groups excluding carboxylic acids is 1. The van der Waals surface area contributed by atoms with Gasteiger partial charge in [-0.3, -0.25) is 0 Å². The summed E-state index contributed by atoms with van der Waals surface area (Å²) in [5.74, 6) is 2.67. The molecule has 0 fully saturated rings. The van der Waals surface area contributed by atoms with Gasteiger partial charge in [0.05, 0.1) is 38.5 Å². The van der Waals surface area contributed by atoms with Crippen molar-refractivity contribution >= 4 is 38.4 Å². The van der Waals surface area contributed by atoms with Gasteiger partial charge in [-0.2, -0.15) is 0 Å². The predicted octanol–water partition coefficient (Wildman–Crippen LogP) is 5.91. The Morgan fingerprint density at radius 1 is 0.816 bits per heavy atom. The molecule has 0 saturated heterocycles. The highest BCUT2D eigenvalue weighted by Crippen LogP contribution is 2.43. The molecule has 0 amide bonds. The van der Waals surface area contributed by atoms with E-state index < -0.39 is 0 Å². The third kappa shape index (κ3) is 4.24. The van der Waals surface area contributed by atoms with Crippen LogP contribution in [0.3, 0.4) is 0 Å².